The molecule has 1 amide bonds. The number of hydrogen-bond acceptors (Lipinski definition) is 2. The lowest BCUT2D eigenvalue weighted by molar-refractivity contribution is 0.0703. The van der Waals surface area contributed by atoms with Gasteiger partial charge in [0, 0.05) is 23.1 Å². The molecule has 2 aromatic carbocycles. The van der Waals surface area contributed by atoms with Crippen LogP contribution in [0.3, 0.4) is 0 Å². The molecule has 0 fully saturated rings. The Morgan fingerprint density at radius 1 is 0.958 bits per heavy atom. The van der Waals surface area contributed by atoms with E-state index < -0.39 is 0 Å². The molecule has 3 nitrogen and oxygen atoms in total. The first-order chi connectivity index (χ1) is 11.7. The summed E-state index contributed by atoms with van der Waals surface area (Å²) in [5.41, 5.74) is 3.51. The second-order valence-electron chi connectivity index (χ2n) is 5.92. The fourth-order valence-corrected chi connectivity index (χ4v) is 3.31. The average molecular weight is 382 g/mol. The van der Waals surface area contributed by atoms with Crippen LogP contribution in [0.15, 0.2) is 69.6 Å². The third-order valence-corrected chi connectivity index (χ3v) is 4.89. The number of nitrogens with zero attached hydrogens (tertiary/aromatic N) is 1. The topological polar surface area (TPSA) is 33.5 Å². The molecule has 0 saturated carbocycles. The Morgan fingerprint density at radius 3 is 2.50 bits per heavy atom. The lowest BCUT2D eigenvalue weighted by atomic mass is 10.00. The quantitative estimate of drug-likeness (QED) is 0.631. The number of fused-ring (bicyclic) bond motifs is 1. The van der Waals surface area contributed by atoms with Crippen molar-refractivity contribution < 1.29 is 9.21 Å². The van der Waals surface area contributed by atoms with E-state index in [9.17, 15) is 4.79 Å². The van der Waals surface area contributed by atoms with Gasteiger partial charge < -0.3 is 9.32 Å². The van der Waals surface area contributed by atoms with Crippen LogP contribution < -0.4 is 0 Å². The third kappa shape index (κ3) is 2.89. The van der Waals surface area contributed by atoms with Gasteiger partial charge in [0.1, 0.15) is 5.76 Å². The predicted molar refractivity (Wildman–Crippen MR) is 96.7 cm³/mol. The number of carbonyl (C=O) groups is 1. The molecule has 0 bridgehead atoms. The lowest BCUT2D eigenvalue weighted by Crippen LogP contribution is -2.35. The summed E-state index contributed by atoms with van der Waals surface area (Å²) in [5.74, 6) is 1.06. The zero-order valence-electron chi connectivity index (χ0n) is 13.0. The monoisotopic (exact) mass is 381 g/mol. The van der Waals surface area contributed by atoms with Gasteiger partial charge in [-0.3, -0.25) is 4.79 Å². The molecule has 1 aromatic heterocycles. The van der Waals surface area contributed by atoms with Crippen molar-refractivity contribution in [3.05, 3.63) is 82.0 Å². The van der Waals surface area contributed by atoms with Crippen LogP contribution in [0.4, 0.5) is 0 Å². The standard InChI is InChI=1S/C20H16BrNO2/c21-17-7-5-15(6-8-17)18-9-10-19(24-18)20(23)22-12-11-14-3-1-2-4-16(14)13-22/h1-10H,11-13H2. The number of carbonyl (C=O) groups excluding carboxylic acids is 1. The first-order valence-electron chi connectivity index (χ1n) is 7.92. The van der Waals surface area contributed by atoms with E-state index in [-0.39, 0.29) is 5.91 Å². The Morgan fingerprint density at radius 2 is 1.71 bits per heavy atom. The minimum Gasteiger partial charge on any atom is -0.451 e. The van der Waals surface area contributed by atoms with Crippen LogP contribution >= 0.6 is 15.9 Å². The van der Waals surface area contributed by atoms with Crippen LogP contribution in [0.25, 0.3) is 11.3 Å². The molecule has 0 saturated heterocycles. The number of rotatable bonds is 2. The third-order valence-electron chi connectivity index (χ3n) is 4.36. The van der Waals surface area contributed by atoms with Gasteiger partial charge in [0.15, 0.2) is 5.76 Å². The van der Waals surface area contributed by atoms with Gasteiger partial charge in [-0.15, -0.1) is 0 Å². The van der Waals surface area contributed by atoms with E-state index in [0.29, 0.717) is 18.1 Å². The maximum absolute atomic E-state index is 12.7. The largest absolute Gasteiger partial charge is 0.451 e. The summed E-state index contributed by atoms with van der Waals surface area (Å²) in [6.07, 6.45) is 0.891. The molecule has 4 heteroatoms. The van der Waals surface area contributed by atoms with Gasteiger partial charge in [-0.2, -0.15) is 0 Å². The second kappa shape index (κ2) is 6.29. The maximum atomic E-state index is 12.7. The van der Waals surface area contributed by atoms with Crippen molar-refractivity contribution in [2.45, 2.75) is 13.0 Å². The highest BCUT2D eigenvalue weighted by molar-refractivity contribution is 9.10. The molecule has 120 valence electrons. The fourth-order valence-electron chi connectivity index (χ4n) is 3.05. The molecular formula is C20H16BrNO2. The summed E-state index contributed by atoms with van der Waals surface area (Å²) in [6, 6.07) is 19.8. The minimum absolute atomic E-state index is 0.0483. The van der Waals surface area contributed by atoms with Crippen molar-refractivity contribution in [2.75, 3.05) is 6.54 Å². The lowest BCUT2D eigenvalue weighted by Gasteiger charge is -2.28. The number of hydrogen-bond donors (Lipinski definition) is 0. The Labute approximate surface area is 149 Å². The number of amides is 1. The summed E-state index contributed by atoms with van der Waals surface area (Å²) < 4.78 is 6.82. The van der Waals surface area contributed by atoms with Gasteiger partial charge in [0.25, 0.3) is 5.91 Å². The molecule has 0 N–H and O–H groups in total. The van der Waals surface area contributed by atoms with Crippen LogP contribution in [0.1, 0.15) is 21.7 Å². The average Bonchev–Trinajstić information content (AvgIpc) is 3.11. The summed E-state index contributed by atoms with van der Waals surface area (Å²) in [6.45, 7) is 1.37. The van der Waals surface area contributed by atoms with E-state index in [4.69, 9.17) is 4.42 Å². The molecular weight excluding hydrogens is 366 g/mol. The first kappa shape index (κ1) is 15.2. The number of halogens is 1. The number of benzene rings is 2. The maximum Gasteiger partial charge on any atom is 0.289 e. The van der Waals surface area contributed by atoms with E-state index in [0.717, 1.165) is 23.0 Å². The van der Waals surface area contributed by atoms with E-state index in [1.54, 1.807) is 6.07 Å². The van der Waals surface area contributed by atoms with Crippen LogP contribution in [0, 0.1) is 0 Å². The van der Waals surface area contributed by atoms with Crippen LogP contribution in [-0.2, 0) is 13.0 Å². The minimum atomic E-state index is -0.0483. The molecule has 0 atom stereocenters. The molecule has 3 aromatic rings. The second-order valence-corrected chi connectivity index (χ2v) is 6.83. The normalized spacial score (nSPS) is 13.6. The molecule has 1 aliphatic heterocycles. The number of furan rings is 1. The van der Waals surface area contributed by atoms with Crippen molar-refractivity contribution in [3.8, 4) is 11.3 Å². The molecule has 0 aliphatic carbocycles. The van der Waals surface area contributed by atoms with Gasteiger partial charge in [0.05, 0.1) is 0 Å². The van der Waals surface area contributed by atoms with Gasteiger partial charge >= 0.3 is 0 Å². The summed E-state index contributed by atoms with van der Waals surface area (Å²) in [5, 5.41) is 0. The molecule has 0 unspecified atom stereocenters. The van der Waals surface area contributed by atoms with Gasteiger partial charge in [-0.05, 0) is 41.8 Å². The Balaban J connectivity index is 1.55. The highest BCUT2D eigenvalue weighted by Gasteiger charge is 2.23. The smallest absolute Gasteiger partial charge is 0.289 e. The van der Waals surface area contributed by atoms with E-state index >= 15 is 0 Å². The fraction of sp³-hybridized carbons (Fsp3) is 0.150. The highest BCUT2D eigenvalue weighted by Crippen LogP contribution is 2.26. The molecule has 24 heavy (non-hydrogen) atoms. The predicted octanol–water partition coefficient (Wildman–Crippen LogP) is 4.91. The van der Waals surface area contributed by atoms with Crippen LogP contribution in [0.5, 0.6) is 0 Å². The zero-order chi connectivity index (χ0) is 16.5. The van der Waals surface area contributed by atoms with Crippen molar-refractivity contribution in [3.63, 3.8) is 0 Å². The van der Waals surface area contributed by atoms with Crippen molar-refractivity contribution in [2.24, 2.45) is 0 Å². The van der Waals surface area contributed by atoms with Crippen LogP contribution in [0.2, 0.25) is 0 Å². The van der Waals surface area contributed by atoms with E-state index in [2.05, 4.69) is 28.1 Å². The molecule has 2 heterocycles. The Kier molecular flexibility index (Phi) is 3.98. The van der Waals surface area contributed by atoms with Gasteiger partial charge in [0.2, 0.25) is 0 Å². The molecule has 0 radical (unpaired) electrons. The molecule has 0 spiro atoms. The van der Waals surface area contributed by atoms with E-state index in [1.165, 1.54) is 11.1 Å². The Bertz CT molecular complexity index is 883. The summed E-state index contributed by atoms with van der Waals surface area (Å²) in [4.78, 5) is 14.6. The SMILES string of the molecule is O=C(c1ccc(-c2ccc(Br)cc2)o1)N1CCc2ccccc2C1. The van der Waals surface area contributed by atoms with Gasteiger partial charge in [-0.1, -0.05) is 52.3 Å². The summed E-state index contributed by atoms with van der Waals surface area (Å²) >= 11 is 3.42. The van der Waals surface area contributed by atoms with Crippen molar-refractivity contribution >= 4 is 21.8 Å². The van der Waals surface area contributed by atoms with E-state index in [1.807, 2.05) is 47.4 Å². The highest BCUT2D eigenvalue weighted by atomic mass is 79.9. The van der Waals surface area contributed by atoms with Crippen molar-refractivity contribution in [1.82, 2.24) is 4.90 Å². The zero-order valence-corrected chi connectivity index (χ0v) is 14.6. The van der Waals surface area contributed by atoms with Gasteiger partial charge in [-0.25, -0.2) is 0 Å². The summed E-state index contributed by atoms with van der Waals surface area (Å²) in [7, 11) is 0. The Hall–Kier alpha value is -2.33. The van der Waals surface area contributed by atoms with Crippen molar-refractivity contribution in [1.29, 1.82) is 0 Å². The molecule has 1 aliphatic rings. The first-order valence-corrected chi connectivity index (χ1v) is 8.72. The molecule has 4 rings (SSSR count). The van der Waals surface area contributed by atoms with Crippen LogP contribution in [-0.4, -0.2) is 17.4 Å².